The average molecular weight is 112 g/mol. The lowest BCUT2D eigenvalue weighted by Crippen LogP contribution is -2.30. The molecule has 0 saturated carbocycles. The topological polar surface area (TPSA) is 29.3 Å². The molecule has 0 amide bonds. The number of likely N-dealkylation sites (tertiary alicyclic amines) is 1. The molecule has 1 aliphatic rings. The van der Waals surface area contributed by atoms with E-state index < -0.39 is 0 Å². The second kappa shape index (κ2) is 3.05. The van der Waals surface area contributed by atoms with Crippen LogP contribution in [0.15, 0.2) is 0 Å². The van der Waals surface area contributed by atoms with Gasteiger partial charge in [0.2, 0.25) is 0 Å². The van der Waals surface area contributed by atoms with Crippen molar-refractivity contribution in [3.05, 3.63) is 6.67 Å². The van der Waals surface area contributed by atoms with E-state index in [0.29, 0.717) is 0 Å². The smallest absolute Gasteiger partial charge is 0.140 e. The fourth-order valence-corrected chi connectivity index (χ4v) is 1.02. The van der Waals surface area contributed by atoms with E-state index >= 15 is 0 Å². The van der Waals surface area contributed by atoms with Gasteiger partial charge in [0.05, 0.1) is 0 Å². The molecule has 1 rings (SSSR count). The van der Waals surface area contributed by atoms with Gasteiger partial charge in [0, 0.05) is 13.1 Å². The maximum atomic E-state index is 5.18. The molecule has 0 atom stereocenters. The van der Waals surface area contributed by atoms with Gasteiger partial charge in [0.1, 0.15) is 6.67 Å². The first-order valence-electron chi connectivity index (χ1n) is 3.14. The highest BCUT2D eigenvalue weighted by atomic mass is 15.2. The van der Waals surface area contributed by atoms with Crippen molar-refractivity contribution in [2.75, 3.05) is 13.1 Å². The normalized spacial score (nSPS) is 23.6. The lowest BCUT2D eigenvalue weighted by atomic mass is 10.1. The zero-order chi connectivity index (χ0) is 5.82. The van der Waals surface area contributed by atoms with Crippen molar-refractivity contribution in [2.24, 2.45) is 5.73 Å². The van der Waals surface area contributed by atoms with Gasteiger partial charge < -0.3 is 5.73 Å². The fourth-order valence-electron chi connectivity index (χ4n) is 1.02. The van der Waals surface area contributed by atoms with Gasteiger partial charge in [0.15, 0.2) is 0 Å². The summed E-state index contributed by atoms with van der Waals surface area (Å²) in [5.41, 5.74) is 5.18. The van der Waals surface area contributed by atoms with Crippen LogP contribution in [0.3, 0.4) is 0 Å². The Kier molecular flexibility index (Phi) is 2.30. The van der Waals surface area contributed by atoms with E-state index in [4.69, 9.17) is 5.73 Å². The molecule has 1 fully saturated rings. The standard InChI is InChI=1S/C6H12N2/c7-6-8-4-2-1-3-5-8/h1-5,7H2. The minimum atomic E-state index is 1.11. The van der Waals surface area contributed by atoms with Gasteiger partial charge in [0.25, 0.3) is 0 Å². The summed E-state index contributed by atoms with van der Waals surface area (Å²) in [7, 11) is 0. The Morgan fingerprint density at radius 3 is 2.12 bits per heavy atom. The monoisotopic (exact) mass is 112 g/mol. The molecule has 2 N–H and O–H groups in total. The second-order valence-corrected chi connectivity index (χ2v) is 2.18. The Labute approximate surface area is 50.7 Å². The highest BCUT2D eigenvalue weighted by molar-refractivity contribution is 4.67. The molecule has 0 aromatic carbocycles. The molecule has 0 aromatic rings. The van der Waals surface area contributed by atoms with Crippen molar-refractivity contribution in [1.82, 2.24) is 4.90 Å². The minimum Gasteiger partial charge on any atom is -0.308 e. The molecular formula is C6H12N2. The highest BCUT2D eigenvalue weighted by Crippen LogP contribution is 2.07. The summed E-state index contributed by atoms with van der Waals surface area (Å²) in [5.74, 6) is 0. The summed E-state index contributed by atoms with van der Waals surface area (Å²) in [5, 5.41) is 0. The summed E-state index contributed by atoms with van der Waals surface area (Å²) in [6, 6.07) is 0. The van der Waals surface area contributed by atoms with Crippen molar-refractivity contribution in [2.45, 2.75) is 19.3 Å². The quantitative estimate of drug-likeness (QED) is 0.498. The first-order chi connectivity index (χ1) is 3.93. The summed E-state index contributed by atoms with van der Waals surface area (Å²) in [6.07, 6.45) is 3.92. The van der Waals surface area contributed by atoms with Crippen LogP contribution in [0.2, 0.25) is 0 Å². The van der Waals surface area contributed by atoms with Gasteiger partial charge in [-0.05, 0) is 12.8 Å². The first-order valence-corrected chi connectivity index (χ1v) is 3.14. The molecule has 1 heterocycles. The van der Waals surface area contributed by atoms with Crippen LogP contribution >= 0.6 is 0 Å². The van der Waals surface area contributed by atoms with E-state index in [-0.39, 0.29) is 0 Å². The van der Waals surface area contributed by atoms with E-state index in [9.17, 15) is 0 Å². The predicted molar refractivity (Wildman–Crippen MR) is 32.9 cm³/mol. The van der Waals surface area contributed by atoms with Crippen LogP contribution < -0.4 is 5.73 Å². The number of hydrogen-bond donors (Lipinski definition) is 1. The summed E-state index contributed by atoms with van der Waals surface area (Å²) >= 11 is 0. The van der Waals surface area contributed by atoms with Crippen LogP contribution in [-0.4, -0.2) is 18.0 Å². The number of rotatable bonds is 1. The van der Waals surface area contributed by atoms with E-state index in [2.05, 4.69) is 6.67 Å². The SMILES string of the molecule is N[C]N1CCCCC1. The molecule has 1 aliphatic heterocycles. The van der Waals surface area contributed by atoms with E-state index in [1.54, 1.807) is 0 Å². The average Bonchev–Trinajstić information content (AvgIpc) is 1.90. The van der Waals surface area contributed by atoms with Crippen LogP contribution in [0, 0.1) is 6.67 Å². The maximum absolute atomic E-state index is 5.18. The lowest BCUT2D eigenvalue weighted by Gasteiger charge is -2.22. The number of hydrogen-bond acceptors (Lipinski definition) is 2. The van der Waals surface area contributed by atoms with Gasteiger partial charge in [-0.2, -0.15) is 0 Å². The third-order valence-electron chi connectivity index (χ3n) is 1.54. The van der Waals surface area contributed by atoms with Gasteiger partial charge in [-0.1, -0.05) is 6.42 Å². The maximum Gasteiger partial charge on any atom is 0.140 e. The molecule has 8 heavy (non-hydrogen) atoms. The molecule has 2 radical (unpaired) electrons. The molecule has 46 valence electrons. The molecule has 2 heteroatoms. The van der Waals surface area contributed by atoms with Crippen molar-refractivity contribution in [3.8, 4) is 0 Å². The molecular weight excluding hydrogens is 100 g/mol. The van der Waals surface area contributed by atoms with Crippen molar-refractivity contribution >= 4 is 0 Å². The van der Waals surface area contributed by atoms with E-state index in [1.807, 2.05) is 4.90 Å². The molecule has 0 spiro atoms. The van der Waals surface area contributed by atoms with Crippen molar-refractivity contribution in [3.63, 3.8) is 0 Å². The van der Waals surface area contributed by atoms with Gasteiger partial charge in [-0.25, -0.2) is 0 Å². The zero-order valence-corrected chi connectivity index (χ0v) is 5.06. The third-order valence-corrected chi connectivity index (χ3v) is 1.54. The minimum absolute atomic E-state index is 1.11. The van der Waals surface area contributed by atoms with Gasteiger partial charge >= 0.3 is 0 Å². The third kappa shape index (κ3) is 1.46. The Morgan fingerprint density at radius 2 is 1.75 bits per heavy atom. The van der Waals surface area contributed by atoms with Crippen LogP contribution in [0.4, 0.5) is 0 Å². The number of nitrogens with zero attached hydrogens (tertiary/aromatic N) is 1. The van der Waals surface area contributed by atoms with Crippen LogP contribution in [-0.2, 0) is 0 Å². The zero-order valence-electron chi connectivity index (χ0n) is 5.06. The summed E-state index contributed by atoms with van der Waals surface area (Å²) in [4.78, 5) is 2.05. The Bertz CT molecular complexity index is 57.5. The van der Waals surface area contributed by atoms with Gasteiger partial charge in [-0.3, -0.25) is 4.90 Å². The number of piperidine rings is 1. The molecule has 2 nitrogen and oxygen atoms in total. The van der Waals surface area contributed by atoms with Crippen LogP contribution in [0.1, 0.15) is 19.3 Å². The van der Waals surface area contributed by atoms with Crippen LogP contribution in [0.5, 0.6) is 0 Å². The lowest BCUT2D eigenvalue weighted by molar-refractivity contribution is 0.276. The molecule has 0 aromatic heterocycles. The van der Waals surface area contributed by atoms with Crippen molar-refractivity contribution in [1.29, 1.82) is 0 Å². The molecule has 0 unspecified atom stereocenters. The fraction of sp³-hybridized carbons (Fsp3) is 0.833. The van der Waals surface area contributed by atoms with Crippen molar-refractivity contribution < 1.29 is 0 Å². The molecule has 1 saturated heterocycles. The molecule has 0 bridgehead atoms. The predicted octanol–water partition coefficient (Wildman–Crippen LogP) is 0.427. The second-order valence-electron chi connectivity index (χ2n) is 2.18. The highest BCUT2D eigenvalue weighted by Gasteiger charge is 2.07. The summed E-state index contributed by atoms with van der Waals surface area (Å²) in [6.45, 7) is 4.85. The Hall–Kier alpha value is -0.0800. The molecule has 0 aliphatic carbocycles. The van der Waals surface area contributed by atoms with Crippen LogP contribution in [0.25, 0.3) is 0 Å². The largest absolute Gasteiger partial charge is 0.308 e. The van der Waals surface area contributed by atoms with E-state index in [0.717, 1.165) is 13.1 Å². The number of nitrogens with two attached hydrogens (primary N) is 1. The van der Waals surface area contributed by atoms with Gasteiger partial charge in [-0.15, -0.1) is 0 Å². The Balaban J connectivity index is 2.13. The Morgan fingerprint density at radius 1 is 1.12 bits per heavy atom. The summed E-state index contributed by atoms with van der Waals surface area (Å²) < 4.78 is 0. The van der Waals surface area contributed by atoms with E-state index in [1.165, 1.54) is 19.3 Å². The first kappa shape index (κ1) is 6.05.